The number of carbonyl (C=O) groups is 2. The quantitative estimate of drug-likeness (QED) is 0.554. The van der Waals surface area contributed by atoms with Crippen molar-refractivity contribution in [2.75, 3.05) is 20.1 Å². The summed E-state index contributed by atoms with van der Waals surface area (Å²) in [5.41, 5.74) is 10.5. The molecule has 6 heteroatoms. The largest absolute Gasteiger partial charge is 0.370 e. The van der Waals surface area contributed by atoms with Gasteiger partial charge in [-0.1, -0.05) is 12.8 Å². The van der Waals surface area contributed by atoms with Gasteiger partial charge in [-0.05, 0) is 19.9 Å². The van der Waals surface area contributed by atoms with Gasteiger partial charge >= 0.3 is 0 Å². The number of carbonyl (C=O) groups excluding carboxylic acids is 2. The van der Waals surface area contributed by atoms with Crippen molar-refractivity contribution in [1.29, 1.82) is 0 Å². The molecule has 0 aliphatic heterocycles. The molecule has 0 heterocycles. The minimum atomic E-state index is -0.834. The third kappa shape index (κ3) is 5.01. The molecule has 0 aromatic heterocycles. The van der Waals surface area contributed by atoms with Crippen LogP contribution in [0, 0.1) is 0 Å². The minimum absolute atomic E-state index is 0.107. The van der Waals surface area contributed by atoms with Crippen LogP contribution in [0.25, 0.3) is 0 Å². The highest BCUT2D eigenvalue weighted by Gasteiger charge is 2.20. The van der Waals surface area contributed by atoms with Crippen LogP contribution in [-0.4, -0.2) is 48.9 Å². The van der Waals surface area contributed by atoms with Crippen molar-refractivity contribution in [2.45, 2.75) is 44.2 Å². The molecule has 1 atom stereocenters. The van der Waals surface area contributed by atoms with Gasteiger partial charge in [0.2, 0.25) is 11.8 Å². The number of primary amides is 1. The van der Waals surface area contributed by atoms with Crippen LogP contribution < -0.4 is 16.8 Å². The number of likely N-dealkylation sites (N-methyl/N-ethyl adjacent to an activating group) is 1. The van der Waals surface area contributed by atoms with Gasteiger partial charge in [0.05, 0.1) is 12.5 Å². The van der Waals surface area contributed by atoms with E-state index in [1.54, 1.807) is 0 Å². The molecule has 104 valence electrons. The van der Waals surface area contributed by atoms with Crippen molar-refractivity contribution in [3.8, 4) is 0 Å². The lowest BCUT2D eigenvalue weighted by molar-refractivity contribution is -0.126. The summed E-state index contributed by atoms with van der Waals surface area (Å²) in [5, 5.41) is 2.73. The maximum Gasteiger partial charge on any atom is 0.237 e. The molecular formula is C12H24N4O2. The van der Waals surface area contributed by atoms with Crippen molar-refractivity contribution >= 4 is 11.8 Å². The second kappa shape index (κ2) is 7.33. The predicted molar refractivity (Wildman–Crippen MR) is 69.7 cm³/mol. The molecule has 0 saturated heterocycles. The second-order valence-corrected chi connectivity index (χ2v) is 4.99. The normalized spacial score (nSPS) is 17.9. The van der Waals surface area contributed by atoms with Crippen LogP contribution in [0.2, 0.25) is 0 Å². The lowest BCUT2D eigenvalue weighted by atomic mass is 10.2. The number of nitrogens with two attached hydrogens (primary N) is 2. The number of amides is 2. The molecular weight excluding hydrogens is 232 g/mol. The summed E-state index contributed by atoms with van der Waals surface area (Å²) in [6.45, 7) is 1.36. The van der Waals surface area contributed by atoms with E-state index in [0.717, 1.165) is 6.54 Å². The van der Waals surface area contributed by atoms with E-state index in [1.165, 1.54) is 25.7 Å². The van der Waals surface area contributed by atoms with Crippen molar-refractivity contribution in [3.63, 3.8) is 0 Å². The maximum absolute atomic E-state index is 11.5. The topological polar surface area (TPSA) is 101 Å². The molecule has 0 aromatic rings. The number of nitrogens with zero attached hydrogens (tertiary/aromatic N) is 1. The van der Waals surface area contributed by atoms with Crippen molar-refractivity contribution in [1.82, 2.24) is 10.2 Å². The van der Waals surface area contributed by atoms with E-state index in [-0.39, 0.29) is 12.3 Å². The summed E-state index contributed by atoms with van der Waals surface area (Å²) in [6, 6.07) is -0.194. The Morgan fingerprint density at radius 1 is 1.39 bits per heavy atom. The molecule has 1 saturated carbocycles. The van der Waals surface area contributed by atoms with E-state index in [4.69, 9.17) is 11.5 Å². The average Bonchev–Trinajstić information content (AvgIpc) is 2.81. The van der Waals surface area contributed by atoms with Gasteiger partial charge in [-0.15, -0.1) is 0 Å². The molecule has 0 bridgehead atoms. The molecule has 6 nitrogen and oxygen atoms in total. The Morgan fingerprint density at radius 2 is 2.00 bits per heavy atom. The fourth-order valence-corrected chi connectivity index (χ4v) is 2.32. The first-order valence-corrected chi connectivity index (χ1v) is 6.52. The third-order valence-corrected chi connectivity index (χ3v) is 3.47. The monoisotopic (exact) mass is 256 g/mol. The summed E-state index contributed by atoms with van der Waals surface area (Å²) in [7, 11) is 2.07. The first-order valence-electron chi connectivity index (χ1n) is 6.52. The molecule has 1 rings (SSSR count). The summed E-state index contributed by atoms with van der Waals surface area (Å²) in [6.07, 6.45) is 4.97. The molecule has 1 aliphatic carbocycles. The summed E-state index contributed by atoms with van der Waals surface area (Å²) in [5.74, 6) is -0.866. The highest BCUT2D eigenvalue weighted by molar-refractivity contribution is 5.87. The van der Waals surface area contributed by atoms with Crippen LogP contribution in [0.1, 0.15) is 32.1 Å². The van der Waals surface area contributed by atoms with E-state index >= 15 is 0 Å². The van der Waals surface area contributed by atoms with Gasteiger partial charge in [0.25, 0.3) is 0 Å². The summed E-state index contributed by atoms with van der Waals surface area (Å²) in [4.78, 5) is 24.4. The van der Waals surface area contributed by atoms with E-state index < -0.39 is 11.9 Å². The molecule has 1 aliphatic rings. The Kier molecular flexibility index (Phi) is 6.07. The number of hydrogen-bond donors (Lipinski definition) is 3. The van der Waals surface area contributed by atoms with Crippen LogP contribution in [0.5, 0.6) is 0 Å². The van der Waals surface area contributed by atoms with Gasteiger partial charge in [0, 0.05) is 19.1 Å². The molecule has 0 radical (unpaired) electrons. The minimum Gasteiger partial charge on any atom is -0.370 e. The third-order valence-electron chi connectivity index (χ3n) is 3.47. The number of nitrogens with one attached hydrogen (secondary N) is 1. The summed E-state index contributed by atoms with van der Waals surface area (Å²) >= 11 is 0. The van der Waals surface area contributed by atoms with E-state index in [0.29, 0.717) is 12.6 Å². The zero-order valence-electron chi connectivity index (χ0n) is 11.0. The smallest absolute Gasteiger partial charge is 0.237 e. The van der Waals surface area contributed by atoms with Gasteiger partial charge in [-0.25, -0.2) is 0 Å². The van der Waals surface area contributed by atoms with Crippen molar-refractivity contribution < 1.29 is 9.59 Å². The zero-order chi connectivity index (χ0) is 13.5. The molecule has 1 unspecified atom stereocenters. The van der Waals surface area contributed by atoms with Crippen LogP contribution in [-0.2, 0) is 9.59 Å². The first-order chi connectivity index (χ1) is 8.50. The average molecular weight is 256 g/mol. The highest BCUT2D eigenvalue weighted by atomic mass is 16.2. The van der Waals surface area contributed by atoms with Crippen molar-refractivity contribution in [2.24, 2.45) is 11.5 Å². The van der Waals surface area contributed by atoms with E-state index in [2.05, 4.69) is 17.3 Å². The molecule has 2 amide bonds. The SMILES string of the molecule is CN(CCNC(=O)C(N)CC(N)=O)C1CCCC1. The predicted octanol–water partition coefficient (Wildman–Crippen LogP) is -0.820. The van der Waals surface area contributed by atoms with E-state index in [1.807, 2.05) is 0 Å². The van der Waals surface area contributed by atoms with Crippen LogP contribution in [0.4, 0.5) is 0 Å². The Hall–Kier alpha value is -1.14. The standard InChI is InChI=1S/C12H24N4O2/c1-16(9-4-2-3-5-9)7-6-15-12(18)10(13)8-11(14)17/h9-10H,2-8,13H2,1H3,(H2,14,17)(H,15,18). The maximum atomic E-state index is 11.5. The number of hydrogen-bond acceptors (Lipinski definition) is 4. The van der Waals surface area contributed by atoms with Gasteiger partial charge in [-0.2, -0.15) is 0 Å². The number of rotatable bonds is 7. The fraction of sp³-hybridized carbons (Fsp3) is 0.833. The van der Waals surface area contributed by atoms with Crippen LogP contribution in [0.15, 0.2) is 0 Å². The van der Waals surface area contributed by atoms with Gasteiger partial charge in [0.1, 0.15) is 0 Å². The molecule has 0 spiro atoms. The van der Waals surface area contributed by atoms with Crippen LogP contribution in [0.3, 0.4) is 0 Å². The van der Waals surface area contributed by atoms with Crippen molar-refractivity contribution in [3.05, 3.63) is 0 Å². The zero-order valence-corrected chi connectivity index (χ0v) is 11.0. The molecule has 0 aromatic carbocycles. The van der Waals surface area contributed by atoms with Gasteiger partial charge < -0.3 is 21.7 Å². The second-order valence-electron chi connectivity index (χ2n) is 4.99. The van der Waals surface area contributed by atoms with Gasteiger partial charge in [0.15, 0.2) is 0 Å². The Bertz CT molecular complexity index is 290. The Morgan fingerprint density at radius 3 is 2.56 bits per heavy atom. The Balaban J connectivity index is 2.16. The summed E-state index contributed by atoms with van der Waals surface area (Å²) < 4.78 is 0. The molecule has 1 fully saturated rings. The lowest BCUT2D eigenvalue weighted by Gasteiger charge is -2.24. The fourth-order valence-electron chi connectivity index (χ4n) is 2.32. The van der Waals surface area contributed by atoms with Gasteiger partial charge in [-0.3, -0.25) is 9.59 Å². The molecule has 18 heavy (non-hydrogen) atoms. The first kappa shape index (κ1) is 14.9. The molecule has 5 N–H and O–H groups in total. The van der Waals surface area contributed by atoms with Crippen LogP contribution >= 0.6 is 0 Å². The highest BCUT2D eigenvalue weighted by Crippen LogP contribution is 2.21. The lowest BCUT2D eigenvalue weighted by Crippen LogP contribution is -2.45. The Labute approximate surface area is 108 Å². The van der Waals surface area contributed by atoms with E-state index in [9.17, 15) is 9.59 Å².